The van der Waals surface area contributed by atoms with Crippen LogP contribution in [-0.2, 0) is 9.59 Å². The molecule has 0 bridgehead atoms. The molecule has 0 saturated heterocycles. The second kappa shape index (κ2) is 11.5. The van der Waals surface area contributed by atoms with Crippen molar-refractivity contribution in [3.05, 3.63) is 12.2 Å². The van der Waals surface area contributed by atoms with Crippen molar-refractivity contribution in [2.75, 3.05) is 0 Å². The Bertz CT molecular complexity index is 471. The Labute approximate surface area is 156 Å². The fraction of sp³-hybridized carbons (Fsp3) is 0.810. The molecule has 0 heterocycles. The average molecular weight is 371 g/mol. The van der Waals surface area contributed by atoms with Crippen molar-refractivity contribution in [3.63, 3.8) is 0 Å². The van der Waals surface area contributed by atoms with Gasteiger partial charge >= 0.3 is 5.97 Å². The number of hydrogen-bond acceptors (Lipinski definition) is 3. The molecule has 4 nitrogen and oxygen atoms in total. The highest BCUT2D eigenvalue weighted by Crippen LogP contribution is 2.41. The first-order valence-corrected chi connectivity index (χ1v) is 10.1. The highest BCUT2D eigenvalue weighted by Gasteiger charge is 2.53. The molecule has 1 aliphatic rings. The Hall–Kier alpha value is -1.23. The van der Waals surface area contributed by atoms with E-state index in [0.29, 0.717) is 19.3 Å². The number of alkyl halides is 1. The minimum Gasteiger partial charge on any atom is -0.479 e. The second-order valence-corrected chi connectivity index (χ2v) is 7.52. The summed E-state index contributed by atoms with van der Waals surface area (Å²) in [5, 5.41) is 20.8. The van der Waals surface area contributed by atoms with Crippen molar-refractivity contribution in [2.24, 2.45) is 11.8 Å². The molecule has 0 radical (unpaired) electrons. The average Bonchev–Trinajstić information content (AvgIpc) is 3.16. The molecule has 0 aromatic rings. The van der Waals surface area contributed by atoms with Gasteiger partial charge in [0.25, 0.3) is 0 Å². The van der Waals surface area contributed by atoms with E-state index in [1.165, 1.54) is 0 Å². The molecule has 0 aromatic carbocycles. The molecule has 3 atom stereocenters. The summed E-state index contributed by atoms with van der Waals surface area (Å²) < 4.78 is 13.9. The quantitative estimate of drug-likeness (QED) is 0.455. The van der Waals surface area contributed by atoms with Crippen LogP contribution in [0.25, 0.3) is 0 Å². The number of hydrogen-bond donors (Lipinski definition) is 2. The lowest BCUT2D eigenvalue weighted by atomic mass is 9.71. The molecule has 1 rings (SSSR count). The van der Waals surface area contributed by atoms with Gasteiger partial charge in [-0.3, -0.25) is 4.79 Å². The fourth-order valence-corrected chi connectivity index (χ4v) is 3.97. The van der Waals surface area contributed by atoms with E-state index in [2.05, 4.69) is 0 Å². The summed E-state index contributed by atoms with van der Waals surface area (Å²) in [5.74, 6) is -3.08. The Morgan fingerprint density at radius 1 is 1.19 bits per heavy atom. The van der Waals surface area contributed by atoms with Gasteiger partial charge in [-0.05, 0) is 44.4 Å². The molecular formula is C21H35FO4. The van der Waals surface area contributed by atoms with E-state index < -0.39 is 29.6 Å². The second-order valence-electron chi connectivity index (χ2n) is 7.52. The highest BCUT2D eigenvalue weighted by atomic mass is 19.1. The summed E-state index contributed by atoms with van der Waals surface area (Å²) in [7, 11) is 0. The molecule has 1 saturated carbocycles. The normalized spacial score (nSPS) is 20.2. The van der Waals surface area contributed by atoms with Gasteiger partial charge in [0.05, 0.1) is 5.92 Å². The zero-order valence-corrected chi connectivity index (χ0v) is 16.3. The summed E-state index contributed by atoms with van der Waals surface area (Å²) in [5.41, 5.74) is -2.05. The number of carbonyl (C=O) groups is 2. The Kier molecular flexibility index (Phi) is 10.1. The molecule has 2 N–H and O–H groups in total. The van der Waals surface area contributed by atoms with Crippen molar-refractivity contribution < 1.29 is 24.2 Å². The third-order valence-electron chi connectivity index (χ3n) is 5.59. The number of allylic oxidation sites excluding steroid dienone is 2. The van der Waals surface area contributed by atoms with Crippen molar-refractivity contribution in [1.82, 2.24) is 0 Å². The lowest BCUT2D eigenvalue weighted by Crippen LogP contribution is -2.54. The molecule has 1 fully saturated rings. The van der Waals surface area contributed by atoms with Crippen LogP contribution < -0.4 is 0 Å². The van der Waals surface area contributed by atoms with Crippen molar-refractivity contribution >= 4 is 11.8 Å². The van der Waals surface area contributed by atoms with Gasteiger partial charge in [-0.25, -0.2) is 9.18 Å². The van der Waals surface area contributed by atoms with Gasteiger partial charge in [0, 0.05) is 6.42 Å². The third kappa shape index (κ3) is 6.19. The minimum atomic E-state index is -2.05. The predicted octanol–water partition coefficient (Wildman–Crippen LogP) is 4.84. The monoisotopic (exact) mass is 370 g/mol. The molecule has 0 aliphatic heterocycles. The summed E-state index contributed by atoms with van der Waals surface area (Å²) >= 11 is 0. The van der Waals surface area contributed by atoms with Gasteiger partial charge in [-0.15, -0.1) is 0 Å². The molecule has 150 valence electrons. The first kappa shape index (κ1) is 22.8. The molecule has 26 heavy (non-hydrogen) atoms. The Balaban J connectivity index is 2.91. The van der Waals surface area contributed by atoms with Gasteiger partial charge < -0.3 is 10.2 Å². The lowest BCUT2D eigenvalue weighted by molar-refractivity contribution is -0.176. The fourth-order valence-electron chi connectivity index (χ4n) is 3.97. The zero-order valence-electron chi connectivity index (χ0n) is 16.3. The highest BCUT2D eigenvalue weighted by molar-refractivity contribution is 5.90. The molecule has 0 aromatic heterocycles. The van der Waals surface area contributed by atoms with Crippen molar-refractivity contribution in [2.45, 2.75) is 96.2 Å². The van der Waals surface area contributed by atoms with Crippen molar-refractivity contribution in [1.29, 1.82) is 0 Å². The first-order valence-electron chi connectivity index (χ1n) is 10.1. The number of unbranched alkanes of at least 4 members (excludes halogenated alkanes) is 1. The molecule has 1 unspecified atom stereocenters. The number of carbonyl (C=O) groups excluding carboxylic acids is 1. The van der Waals surface area contributed by atoms with E-state index in [0.717, 1.165) is 32.1 Å². The van der Waals surface area contributed by atoms with Crippen LogP contribution in [-0.4, -0.2) is 33.7 Å². The standard InChI is InChI=1S/C21H35FO4/c1-3-5-7-13-18(19(23)15-14-17(22)12-6-4-2)21(26,20(24)25)16-10-8-9-11-16/h5,7,16-18,26H,3-4,6,8-15H2,1-2H3,(H,24,25)/t17?,18-,21-/m0/s1. The van der Waals surface area contributed by atoms with Crippen LogP contribution in [0.3, 0.4) is 0 Å². The SMILES string of the molecule is CCC=CC[C@@H](C(=O)CCC(F)CCCC)[C@](O)(C(=O)O)C1CCCC1. The molecule has 1 aliphatic carbocycles. The first-order chi connectivity index (χ1) is 12.4. The van der Waals surface area contributed by atoms with Gasteiger partial charge in [0.2, 0.25) is 0 Å². The maximum atomic E-state index is 13.9. The summed E-state index contributed by atoms with van der Waals surface area (Å²) in [6.45, 7) is 3.94. The molecule has 0 spiro atoms. The van der Waals surface area contributed by atoms with E-state index in [4.69, 9.17) is 0 Å². The van der Waals surface area contributed by atoms with E-state index in [-0.39, 0.29) is 25.0 Å². The summed E-state index contributed by atoms with van der Waals surface area (Å²) in [6, 6.07) is 0. The van der Waals surface area contributed by atoms with Gasteiger partial charge in [0.15, 0.2) is 5.60 Å². The summed E-state index contributed by atoms with van der Waals surface area (Å²) in [4.78, 5) is 24.8. The molecular weight excluding hydrogens is 335 g/mol. The number of aliphatic carboxylic acids is 1. The van der Waals surface area contributed by atoms with E-state index in [1.54, 1.807) is 6.08 Å². The van der Waals surface area contributed by atoms with Crippen LogP contribution in [0.15, 0.2) is 12.2 Å². The van der Waals surface area contributed by atoms with Gasteiger partial charge in [-0.1, -0.05) is 51.7 Å². The predicted molar refractivity (Wildman–Crippen MR) is 101 cm³/mol. The van der Waals surface area contributed by atoms with Crippen LogP contribution in [0.4, 0.5) is 4.39 Å². The van der Waals surface area contributed by atoms with Crippen LogP contribution >= 0.6 is 0 Å². The number of ketones is 1. The third-order valence-corrected chi connectivity index (χ3v) is 5.59. The number of carboxylic acids is 1. The number of carboxylic acid groups (broad SMARTS) is 1. The number of aliphatic hydroxyl groups is 1. The molecule has 0 amide bonds. The molecule has 5 heteroatoms. The van der Waals surface area contributed by atoms with E-state index >= 15 is 0 Å². The zero-order chi connectivity index (χ0) is 19.6. The smallest absolute Gasteiger partial charge is 0.336 e. The van der Waals surface area contributed by atoms with Crippen molar-refractivity contribution in [3.8, 4) is 0 Å². The maximum Gasteiger partial charge on any atom is 0.336 e. The topological polar surface area (TPSA) is 74.6 Å². The van der Waals surface area contributed by atoms with E-state index in [9.17, 15) is 24.2 Å². The number of Topliss-reactive ketones (excluding diaryl/α,β-unsaturated/α-hetero) is 1. The number of halogens is 1. The number of rotatable bonds is 13. The minimum absolute atomic E-state index is 0.0160. The van der Waals surface area contributed by atoms with E-state index in [1.807, 2.05) is 19.9 Å². The van der Waals surface area contributed by atoms with Crippen LogP contribution in [0.5, 0.6) is 0 Å². The summed E-state index contributed by atoms with van der Waals surface area (Å²) in [6.07, 6.45) is 8.74. The maximum absolute atomic E-state index is 13.9. The van der Waals surface area contributed by atoms with Gasteiger partial charge in [-0.2, -0.15) is 0 Å². The van der Waals surface area contributed by atoms with Crippen LogP contribution in [0, 0.1) is 11.8 Å². The lowest BCUT2D eigenvalue weighted by Gasteiger charge is -2.36. The Morgan fingerprint density at radius 3 is 2.38 bits per heavy atom. The van der Waals surface area contributed by atoms with Crippen LogP contribution in [0.1, 0.15) is 84.5 Å². The largest absolute Gasteiger partial charge is 0.479 e. The Morgan fingerprint density at radius 2 is 1.85 bits per heavy atom. The van der Waals surface area contributed by atoms with Crippen LogP contribution in [0.2, 0.25) is 0 Å². The van der Waals surface area contributed by atoms with Gasteiger partial charge in [0.1, 0.15) is 12.0 Å².